The number of aromatic nitrogens is 2. The summed E-state index contributed by atoms with van der Waals surface area (Å²) >= 11 is 0. The van der Waals surface area contributed by atoms with Crippen LogP contribution in [0, 0.1) is 13.8 Å². The zero-order valence-electron chi connectivity index (χ0n) is 18.3. The number of benzene rings is 3. The first kappa shape index (κ1) is 20.5. The van der Waals surface area contributed by atoms with Gasteiger partial charge in [-0.15, -0.1) is 0 Å². The monoisotopic (exact) mass is 438 g/mol. The van der Waals surface area contributed by atoms with Gasteiger partial charge in [-0.1, -0.05) is 35.5 Å². The second-order valence-electron chi connectivity index (χ2n) is 8.05. The van der Waals surface area contributed by atoms with Gasteiger partial charge in [0.15, 0.2) is 0 Å². The molecule has 0 fully saturated rings. The van der Waals surface area contributed by atoms with Gasteiger partial charge in [-0.3, -0.25) is 9.59 Å². The van der Waals surface area contributed by atoms with E-state index in [-0.39, 0.29) is 0 Å². The summed E-state index contributed by atoms with van der Waals surface area (Å²) in [5, 5.41) is 8.36. The standard InChI is InChI=1S/C26H22N4O3/c1-15-24(16(2)33-29-15)18-10-21(26(27)32)25-20-12-19(28-14-31)8-9-22(20)30(23(25)11-18)13-17-6-4-3-5-7-17/h3-12,14H,13H2,1-2H3,(H2,27,32)(H,28,31). The molecule has 3 N–H and O–H groups in total. The van der Waals surface area contributed by atoms with E-state index in [1.54, 1.807) is 6.07 Å². The van der Waals surface area contributed by atoms with E-state index in [2.05, 4.69) is 27.2 Å². The summed E-state index contributed by atoms with van der Waals surface area (Å²) in [4.78, 5) is 23.7. The highest BCUT2D eigenvalue weighted by molar-refractivity contribution is 6.19. The largest absolute Gasteiger partial charge is 0.366 e. The molecule has 0 unspecified atom stereocenters. The number of amides is 2. The van der Waals surface area contributed by atoms with Crippen molar-refractivity contribution in [3.05, 3.63) is 83.2 Å². The van der Waals surface area contributed by atoms with Gasteiger partial charge in [-0.05, 0) is 55.3 Å². The summed E-state index contributed by atoms with van der Waals surface area (Å²) in [6.45, 7) is 4.32. The molecular weight excluding hydrogens is 416 g/mol. The molecule has 2 heterocycles. The van der Waals surface area contributed by atoms with Gasteiger partial charge in [0.05, 0.1) is 11.2 Å². The number of fused-ring (bicyclic) bond motifs is 3. The maximum Gasteiger partial charge on any atom is 0.249 e. The van der Waals surface area contributed by atoms with Crippen LogP contribution in [0.15, 0.2) is 65.2 Å². The fourth-order valence-electron chi connectivity index (χ4n) is 4.55. The summed E-state index contributed by atoms with van der Waals surface area (Å²) in [5.41, 5.74) is 12.2. The van der Waals surface area contributed by atoms with Crippen LogP contribution in [0.5, 0.6) is 0 Å². The Balaban J connectivity index is 1.89. The van der Waals surface area contributed by atoms with Gasteiger partial charge < -0.3 is 20.1 Å². The van der Waals surface area contributed by atoms with Crippen molar-refractivity contribution in [1.29, 1.82) is 0 Å². The van der Waals surface area contributed by atoms with E-state index in [9.17, 15) is 9.59 Å². The first-order valence-corrected chi connectivity index (χ1v) is 10.5. The molecule has 2 aromatic heterocycles. The Morgan fingerprint density at radius 2 is 1.88 bits per heavy atom. The first-order valence-electron chi connectivity index (χ1n) is 10.5. The maximum absolute atomic E-state index is 12.6. The third kappa shape index (κ3) is 3.43. The molecule has 0 saturated carbocycles. The Hall–Kier alpha value is -4.39. The third-order valence-corrected chi connectivity index (χ3v) is 5.96. The molecule has 0 aliphatic rings. The number of anilines is 1. The van der Waals surface area contributed by atoms with E-state index in [1.165, 1.54) is 0 Å². The van der Waals surface area contributed by atoms with Gasteiger partial charge in [0.1, 0.15) is 5.76 Å². The second kappa shape index (κ2) is 7.94. The van der Waals surface area contributed by atoms with E-state index in [0.29, 0.717) is 30.0 Å². The number of nitrogens with one attached hydrogen (secondary N) is 1. The van der Waals surface area contributed by atoms with Gasteiger partial charge in [0, 0.05) is 39.6 Å². The SMILES string of the molecule is Cc1noc(C)c1-c1cc(C(N)=O)c2c3cc(NC=O)ccc3n(Cc3ccccc3)c2c1. The van der Waals surface area contributed by atoms with E-state index < -0.39 is 5.91 Å². The molecule has 0 aliphatic heterocycles. The van der Waals surface area contributed by atoms with Crippen molar-refractivity contribution in [2.24, 2.45) is 5.73 Å². The predicted octanol–water partition coefficient (Wildman–Crippen LogP) is 4.78. The molecule has 0 aliphatic carbocycles. The van der Waals surface area contributed by atoms with Crippen LogP contribution in [-0.4, -0.2) is 22.0 Å². The van der Waals surface area contributed by atoms with Crippen molar-refractivity contribution < 1.29 is 14.1 Å². The number of nitrogens with zero attached hydrogens (tertiary/aromatic N) is 2. The smallest absolute Gasteiger partial charge is 0.249 e. The highest BCUT2D eigenvalue weighted by Crippen LogP contribution is 2.38. The molecule has 2 amide bonds. The number of aryl methyl sites for hydroxylation is 2. The van der Waals surface area contributed by atoms with Crippen molar-refractivity contribution in [3.8, 4) is 11.1 Å². The maximum atomic E-state index is 12.6. The van der Waals surface area contributed by atoms with Gasteiger partial charge in [0.25, 0.3) is 0 Å². The van der Waals surface area contributed by atoms with Gasteiger partial charge >= 0.3 is 0 Å². The van der Waals surface area contributed by atoms with Gasteiger partial charge in [0.2, 0.25) is 12.3 Å². The average molecular weight is 438 g/mol. The van der Waals surface area contributed by atoms with Crippen LogP contribution >= 0.6 is 0 Å². The summed E-state index contributed by atoms with van der Waals surface area (Å²) < 4.78 is 7.54. The third-order valence-electron chi connectivity index (χ3n) is 5.96. The van der Waals surface area contributed by atoms with Crippen LogP contribution in [0.2, 0.25) is 0 Å². The summed E-state index contributed by atoms with van der Waals surface area (Å²) in [6, 6.07) is 19.6. The van der Waals surface area contributed by atoms with Crippen LogP contribution in [0.1, 0.15) is 27.4 Å². The molecular formula is C26H22N4O3. The fourth-order valence-corrected chi connectivity index (χ4v) is 4.55. The number of carbonyl (C=O) groups is 2. The molecule has 0 spiro atoms. The van der Waals surface area contributed by atoms with Crippen molar-refractivity contribution in [3.63, 3.8) is 0 Å². The predicted molar refractivity (Wildman–Crippen MR) is 128 cm³/mol. The number of carbonyl (C=O) groups excluding carboxylic acids is 2. The van der Waals surface area contributed by atoms with Crippen LogP contribution in [0.3, 0.4) is 0 Å². The summed E-state index contributed by atoms with van der Waals surface area (Å²) in [7, 11) is 0. The summed E-state index contributed by atoms with van der Waals surface area (Å²) in [6.07, 6.45) is 0.634. The van der Waals surface area contributed by atoms with Crippen LogP contribution in [0.4, 0.5) is 5.69 Å². The molecule has 7 heteroatoms. The lowest BCUT2D eigenvalue weighted by atomic mass is 9.97. The Morgan fingerprint density at radius 3 is 2.55 bits per heavy atom. The Labute approximate surface area is 189 Å². The molecule has 0 bridgehead atoms. The fraction of sp³-hybridized carbons (Fsp3) is 0.115. The zero-order valence-corrected chi connectivity index (χ0v) is 18.3. The van der Waals surface area contributed by atoms with Crippen molar-refractivity contribution in [1.82, 2.24) is 9.72 Å². The number of primary amides is 1. The molecule has 0 atom stereocenters. The van der Waals surface area contributed by atoms with Gasteiger partial charge in [-0.25, -0.2) is 0 Å². The molecule has 5 aromatic rings. The zero-order chi connectivity index (χ0) is 23.1. The number of rotatable bonds is 6. The average Bonchev–Trinajstić information content (AvgIpc) is 3.30. The van der Waals surface area contributed by atoms with E-state index in [1.807, 2.05) is 56.3 Å². The van der Waals surface area contributed by atoms with E-state index in [4.69, 9.17) is 10.3 Å². The molecule has 0 saturated heterocycles. The summed E-state index contributed by atoms with van der Waals surface area (Å²) in [5.74, 6) is 0.145. The van der Waals surface area contributed by atoms with Crippen LogP contribution < -0.4 is 11.1 Å². The normalized spacial score (nSPS) is 11.2. The van der Waals surface area contributed by atoms with Crippen molar-refractivity contribution in [2.45, 2.75) is 20.4 Å². The lowest BCUT2D eigenvalue weighted by molar-refractivity contribution is -0.105. The lowest BCUT2D eigenvalue weighted by Crippen LogP contribution is -2.12. The van der Waals surface area contributed by atoms with Crippen molar-refractivity contribution >= 4 is 39.8 Å². The molecule has 164 valence electrons. The number of nitrogens with two attached hydrogens (primary N) is 1. The molecule has 7 nitrogen and oxygen atoms in total. The quantitative estimate of drug-likeness (QED) is 0.372. The van der Waals surface area contributed by atoms with Gasteiger partial charge in [-0.2, -0.15) is 0 Å². The lowest BCUT2D eigenvalue weighted by Gasteiger charge is -2.10. The topological polar surface area (TPSA) is 103 Å². The number of hydrogen-bond donors (Lipinski definition) is 2. The number of hydrogen-bond acceptors (Lipinski definition) is 4. The minimum absolute atomic E-state index is 0.405. The first-order chi connectivity index (χ1) is 16.0. The minimum atomic E-state index is -0.527. The Bertz CT molecular complexity index is 1510. The van der Waals surface area contributed by atoms with E-state index in [0.717, 1.165) is 44.2 Å². The second-order valence-corrected chi connectivity index (χ2v) is 8.05. The highest BCUT2D eigenvalue weighted by Gasteiger charge is 2.21. The Kier molecular flexibility index (Phi) is 4.94. The molecule has 33 heavy (non-hydrogen) atoms. The van der Waals surface area contributed by atoms with Crippen LogP contribution in [0.25, 0.3) is 32.9 Å². The Morgan fingerprint density at radius 1 is 1.09 bits per heavy atom. The highest BCUT2D eigenvalue weighted by atomic mass is 16.5. The molecule has 0 radical (unpaired) electrons. The van der Waals surface area contributed by atoms with Crippen molar-refractivity contribution in [2.75, 3.05) is 5.32 Å². The molecule has 3 aromatic carbocycles. The minimum Gasteiger partial charge on any atom is -0.366 e. The van der Waals surface area contributed by atoms with Crippen LogP contribution in [-0.2, 0) is 11.3 Å². The molecule has 5 rings (SSSR count). The van der Waals surface area contributed by atoms with E-state index >= 15 is 0 Å².